The van der Waals surface area contributed by atoms with Crippen molar-refractivity contribution < 1.29 is 14.6 Å². The Morgan fingerprint density at radius 1 is 1.09 bits per heavy atom. The summed E-state index contributed by atoms with van der Waals surface area (Å²) in [6.07, 6.45) is 0.683. The molecule has 0 aromatic heterocycles. The van der Waals surface area contributed by atoms with E-state index in [1.54, 1.807) is 19.2 Å². The third kappa shape index (κ3) is 3.85. The third-order valence-electron chi connectivity index (χ3n) is 3.18. The number of nitrogens with zero attached hydrogens (tertiary/aromatic N) is 1. The average Bonchev–Trinajstić information content (AvgIpc) is 2.56. The normalized spacial score (nSPS) is 11.1. The van der Waals surface area contributed by atoms with Gasteiger partial charge in [-0.3, -0.25) is 4.79 Å². The summed E-state index contributed by atoms with van der Waals surface area (Å²) in [4.78, 5) is 12.0. The Balaban J connectivity index is 2.11. The summed E-state index contributed by atoms with van der Waals surface area (Å²) >= 11 is 0. The van der Waals surface area contributed by atoms with Gasteiger partial charge in [-0.2, -0.15) is 5.10 Å². The highest BCUT2D eigenvalue weighted by atomic mass is 16.5. The summed E-state index contributed by atoms with van der Waals surface area (Å²) < 4.78 is 5.12. The van der Waals surface area contributed by atoms with Gasteiger partial charge in [0, 0.05) is 5.56 Å². The van der Waals surface area contributed by atoms with E-state index in [1.165, 1.54) is 12.1 Å². The van der Waals surface area contributed by atoms with Crippen LogP contribution in [0.4, 0.5) is 0 Å². The van der Waals surface area contributed by atoms with Crippen molar-refractivity contribution in [3.8, 4) is 11.5 Å². The van der Waals surface area contributed by atoms with Crippen LogP contribution in [0, 0.1) is 0 Å². The van der Waals surface area contributed by atoms with E-state index in [0.717, 1.165) is 17.0 Å². The van der Waals surface area contributed by atoms with E-state index in [9.17, 15) is 9.90 Å². The molecule has 0 spiro atoms. The van der Waals surface area contributed by atoms with Gasteiger partial charge in [0.25, 0.3) is 5.91 Å². The first-order chi connectivity index (χ1) is 10.6. The molecule has 2 rings (SSSR count). The molecule has 0 saturated carbocycles. The Bertz CT molecular complexity index is 661. The van der Waals surface area contributed by atoms with Crippen molar-refractivity contribution in [1.82, 2.24) is 5.43 Å². The second-order valence-electron chi connectivity index (χ2n) is 4.63. The van der Waals surface area contributed by atoms with Crippen LogP contribution < -0.4 is 10.2 Å². The van der Waals surface area contributed by atoms with Crippen molar-refractivity contribution in [3.63, 3.8) is 0 Å². The molecule has 0 saturated heterocycles. The summed E-state index contributed by atoms with van der Waals surface area (Å²) in [6.45, 7) is 1.97. The minimum absolute atomic E-state index is 0.118. The zero-order chi connectivity index (χ0) is 15.9. The molecule has 0 radical (unpaired) electrons. The summed E-state index contributed by atoms with van der Waals surface area (Å²) in [6, 6.07) is 13.5. The quantitative estimate of drug-likeness (QED) is 0.658. The van der Waals surface area contributed by atoms with Gasteiger partial charge in [0.05, 0.1) is 12.8 Å². The maximum atomic E-state index is 12.0. The number of rotatable bonds is 5. The second-order valence-corrected chi connectivity index (χ2v) is 4.63. The number of hydrogen-bond donors (Lipinski definition) is 2. The first-order valence-electron chi connectivity index (χ1n) is 6.94. The number of benzene rings is 2. The van der Waals surface area contributed by atoms with E-state index in [2.05, 4.69) is 10.5 Å². The maximum Gasteiger partial charge on any atom is 0.271 e. The number of hydrazone groups is 1. The number of ether oxygens (including phenoxy) is 1. The summed E-state index contributed by atoms with van der Waals surface area (Å²) in [7, 11) is 1.61. The minimum Gasteiger partial charge on any atom is -0.508 e. The zero-order valence-corrected chi connectivity index (χ0v) is 12.5. The van der Waals surface area contributed by atoms with Gasteiger partial charge in [0.1, 0.15) is 11.5 Å². The Hall–Kier alpha value is -2.82. The number of nitrogens with one attached hydrogen (secondary N) is 1. The van der Waals surface area contributed by atoms with Crippen LogP contribution in [-0.2, 0) is 0 Å². The summed E-state index contributed by atoms with van der Waals surface area (Å²) in [5.41, 5.74) is 4.67. The number of carbonyl (C=O) groups is 1. The lowest BCUT2D eigenvalue weighted by molar-refractivity contribution is 0.0955. The molecule has 0 atom stereocenters. The average molecular weight is 298 g/mol. The molecular weight excluding hydrogens is 280 g/mol. The van der Waals surface area contributed by atoms with Gasteiger partial charge in [-0.05, 0) is 60.5 Å². The van der Waals surface area contributed by atoms with Gasteiger partial charge < -0.3 is 9.84 Å². The third-order valence-corrected chi connectivity index (χ3v) is 3.18. The second kappa shape index (κ2) is 7.26. The van der Waals surface area contributed by atoms with Crippen molar-refractivity contribution in [2.45, 2.75) is 13.3 Å². The molecule has 0 aliphatic heterocycles. The molecule has 1 amide bonds. The van der Waals surface area contributed by atoms with Crippen LogP contribution in [0.3, 0.4) is 0 Å². The van der Waals surface area contributed by atoms with Crippen LogP contribution in [0.15, 0.2) is 53.6 Å². The molecule has 2 aromatic carbocycles. The van der Waals surface area contributed by atoms with Gasteiger partial charge in [-0.25, -0.2) is 5.43 Å². The molecule has 0 heterocycles. The SMILES string of the molecule is CC/C(=N\NC(=O)c1ccc(O)cc1)c1ccc(OC)cc1. The Labute approximate surface area is 129 Å². The Morgan fingerprint density at radius 2 is 1.68 bits per heavy atom. The van der Waals surface area contributed by atoms with Gasteiger partial charge in [0.2, 0.25) is 0 Å². The Kier molecular flexibility index (Phi) is 5.14. The van der Waals surface area contributed by atoms with Crippen LogP contribution >= 0.6 is 0 Å². The van der Waals surface area contributed by atoms with E-state index >= 15 is 0 Å². The molecule has 2 N–H and O–H groups in total. The number of carbonyl (C=O) groups excluding carboxylic acids is 1. The Morgan fingerprint density at radius 3 is 2.23 bits per heavy atom. The number of phenolic OH excluding ortho intramolecular Hbond substituents is 1. The standard InChI is InChI=1S/C17H18N2O3/c1-3-16(12-6-10-15(22-2)11-7-12)18-19-17(21)13-4-8-14(20)9-5-13/h4-11,20H,3H2,1-2H3,(H,19,21)/b18-16+. The highest BCUT2D eigenvalue weighted by Gasteiger charge is 2.06. The maximum absolute atomic E-state index is 12.0. The summed E-state index contributed by atoms with van der Waals surface area (Å²) in [5.74, 6) is 0.569. The predicted molar refractivity (Wildman–Crippen MR) is 85.4 cm³/mol. The first kappa shape index (κ1) is 15.6. The van der Waals surface area contributed by atoms with E-state index in [1.807, 2.05) is 31.2 Å². The van der Waals surface area contributed by atoms with Gasteiger partial charge >= 0.3 is 0 Å². The van der Waals surface area contributed by atoms with E-state index in [-0.39, 0.29) is 11.7 Å². The van der Waals surface area contributed by atoms with Crippen molar-refractivity contribution in [1.29, 1.82) is 0 Å². The zero-order valence-electron chi connectivity index (χ0n) is 12.5. The molecular formula is C17H18N2O3. The lowest BCUT2D eigenvalue weighted by atomic mass is 10.1. The van der Waals surface area contributed by atoms with Crippen molar-refractivity contribution >= 4 is 11.6 Å². The van der Waals surface area contributed by atoms with Crippen molar-refractivity contribution in [2.24, 2.45) is 5.10 Å². The molecule has 2 aromatic rings. The highest BCUT2D eigenvalue weighted by molar-refractivity contribution is 6.02. The minimum atomic E-state index is -0.320. The predicted octanol–water partition coefficient (Wildman–Crippen LogP) is 2.94. The molecule has 0 aliphatic carbocycles. The molecule has 0 fully saturated rings. The fourth-order valence-electron chi connectivity index (χ4n) is 1.93. The number of amides is 1. The van der Waals surface area contributed by atoms with Crippen LogP contribution in [0.25, 0.3) is 0 Å². The lowest BCUT2D eigenvalue weighted by Gasteiger charge is -2.06. The summed E-state index contributed by atoms with van der Waals surface area (Å²) in [5, 5.41) is 13.4. The number of phenols is 1. The molecule has 0 aliphatic rings. The molecule has 0 bridgehead atoms. The molecule has 22 heavy (non-hydrogen) atoms. The van der Waals surface area contributed by atoms with Gasteiger partial charge in [-0.1, -0.05) is 6.92 Å². The number of methoxy groups -OCH3 is 1. The van der Waals surface area contributed by atoms with Crippen LogP contribution in [-0.4, -0.2) is 23.8 Å². The van der Waals surface area contributed by atoms with Crippen LogP contribution in [0.2, 0.25) is 0 Å². The largest absolute Gasteiger partial charge is 0.508 e. The number of hydrogen-bond acceptors (Lipinski definition) is 4. The van der Waals surface area contributed by atoms with Crippen LogP contribution in [0.5, 0.6) is 11.5 Å². The van der Waals surface area contributed by atoms with E-state index < -0.39 is 0 Å². The van der Waals surface area contributed by atoms with Gasteiger partial charge in [-0.15, -0.1) is 0 Å². The first-order valence-corrected chi connectivity index (χ1v) is 6.94. The topological polar surface area (TPSA) is 70.9 Å². The monoisotopic (exact) mass is 298 g/mol. The highest BCUT2D eigenvalue weighted by Crippen LogP contribution is 2.13. The smallest absolute Gasteiger partial charge is 0.271 e. The van der Waals surface area contributed by atoms with Crippen molar-refractivity contribution in [2.75, 3.05) is 7.11 Å². The molecule has 0 unspecified atom stereocenters. The lowest BCUT2D eigenvalue weighted by Crippen LogP contribution is -2.19. The van der Waals surface area contributed by atoms with E-state index in [0.29, 0.717) is 12.0 Å². The van der Waals surface area contributed by atoms with Gasteiger partial charge in [0.15, 0.2) is 0 Å². The number of aromatic hydroxyl groups is 1. The molecule has 5 heteroatoms. The van der Waals surface area contributed by atoms with Crippen molar-refractivity contribution in [3.05, 3.63) is 59.7 Å². The van der Waals surface area contributed by atoms with E-state index in [4.69, 9.17) is 4.74 Å². The molecule has 5 nitrogen and oxygen atoms in total. The molecule has 114 valence electrons. The van der Waals surface area contributed by atoms with Crippen LogP contribution in [0.1, 0.15) is 29.3 Å². The fourth-order valence-corrected chi connectivity index (χ4v) is 1.93. The fraction of sp³-hybridized carbons (Fsp3) is 0.176.